The lowest BCUT2D eigenvalue weighted by atomic mass is 9.97. The molecule has 3 aromatic carbocycles. The Labute approximate surface area is 200 Å². The molecule has 0 radical (unpaired) electrons. The first-order valence-corrected chi connectivity index (χ1v) is 11.0. The second kappa shape index (κ2) is 8.75. The second-order valence-corrected chi connectivity index (χ2v) is 8.39. The maximum absolute atomic E-state index is 13.4. The predicted octanol–water partition coefficient (Wildman–Crippen LogP) is 4.36. The Morgan fingerprint density at radius 2 is 1.71 bits per heavy atom. The monoisotopic (exact) mass is 474 g/mol. The molecule has 3 atom stereocenters. The van der Waals surface area contributed by atoms with E-state index < -0.39 is 24.2 Å². The third-order valence-electron chi connectivity index (χ3n) is 6.32. The van der Waals surface area contributed by atoms with Crippen molar-refractivity contribution in [1.82, 2.24) is 9.78 Å². The highest BCUT2D eigenvalue weighted by Gasteiger charge is 2.49. The van der Waals surface area contributed by atoms with Crippen molar-refractivity contribution >= 4 is 28.6 Å². The van der Waals surface area contributed by atoms with E-state index >= 15 is 0 Å². The molecule has 2 heterocycles. The molecule has 178 valence electrons. The van der Waals surface area contributed by atoms with E-state index in [1.807, 2.05) is 30.3 Å². The molecule has 0 bridgehead atoms. The van der Waals surface area contributed by atoms with Crippen LogP contribution >= 0.6 is 0 Å². The van der Waals surface area contributed by atoms with Gasteiger partial charge in [0.25, 0.3) is 0 Å². The number of rotatable bonds is 5. The molecule has 1 fully saturated rings. The van der Waals surface area contributed by atoms with Crippen LogP contribution in [0.4, 0.5) is 14.9 Å². The quantitative estimate of drug-likeness (QED) is 0.463. The standard InChI is InChI=1S/C26H23FN4O4/c1-15-24(35-26(28)33)23(16-3-10-21(34-2)11-4-16)30(25(15)32)20-9-12-22-17(13-20)14-29-31(22)19-7-5-18(27)6-8-19/h3-15,23-24H,1-2H3,(H2,28,33). The number of methoxy groups -OCH3 is 1. The summed E-state index contributed by atoms with van der Waals surface area (Å²) in [6.45, 7) is 1.72. The minimum absolute atomic E-state index is 0.192. The van der Waals surface area contributed by atoms with Gasteiger partial charge in [0.05, 0.1) is 36.5 Å². The van der Waals surface area contributed by atoms with Gasteiger partial charge in [-0.05, 0) is 67.1 Å². The number of hydrogen-bond acceptors (Lipinski definition) is 5. The smallest absolute Gasteiger partial charge is 0.404 e. The molecule has 1 saturated heterocycles. The fourth-order valence-electron chi connectivity index (χ4n) is 4.60. The van der Waals surface area contributed by atoms with E-state index in [0.29, 0.717) is 17.1 Å². The van der Waals surface area contributed by atoms with Crippen LogP contribution in [-0.2, 0) is 9.53 Å². The molecule has 3 unspecified atom stereocenters. The fourth-order valence-corrected chi connectivity index (χ4v) is 4.60. The Hall–Kier alpha value is -4.40. The molecule has 1 aliphatic heterocycles. The summed E-state index contributed by atoms with van der Waals surface area (Å²) < 4.78 is 25.7. The number of benzene rings is 3. The van der Waals surface area contributed by atoms with Gasteiger partial charge in [-0.3, -0.25) is 4.79 Å². The third-order valence-corrected chi connectivity index (χ3v) is 6.32. The molecule has 9 heteroatoms. The van der Waals surface area contributed by atoms with Crippen molar-refractivity contribution in [1.29, 1.82) is 0 Å². The van der Waals surface area contributed by atoms with E-state index in [-0.39, 0.29) is 11.7 Å². The average Bonchev–Trinajstić information content (AvgIpc) is 3.38. The van der Waals surface area contributed by atoms with Crippen LogP contribution < -0.4 is 15.4 Å². The van der Waals surface area contributed by atoms with E-state index in [1.165, 1.54) is 12.1 Å². The molecule has 8 nitrogen and oxygen atoms in total. The fraction of sp³-hybridized carbons (Fsp3) is 0.192. The molecule has 0 spiro atoms. The summed E-state index contributed by atoms with van der Waals surface area (Å²) in [7, 11) is 1.57. The number of primary amides is 1. The molecule has 2 N–H and O–H groups in total. The number of carbonyl (C=O) groups excluding carboxylic acids is 2. The molecule has 1 aliphatic rings. The SMILES string of the molecule is COc1ccc(C2C(OC(N)=O)C(C)C(=O)N2c2ccc3c(cnn3-c3ccc(F)cc3)c2)cc1. The minimum Gasteiger partial charge on any atom is -0.497 e. The number of ether oxygens (including phenoxy) is 2. The lowest BCUT2D eigenvalue weighted by molar-refractivity contribution is -0.121. The highest BCUT2D eigenvalue weighted by Crippen LogP contribution is 2.43. The maximum Gasteiger partial charge on any atom is 0.404 e. The number of halogens is 1. The normalized spacial score (nSPS) is 19.8. The van der Waals surface area contributed by atoms with Crippen LogP contribution in [0.3, 0.4) is 0 Å². The van der Waals surface area contributed by atoms with Gasteiger partial charge in [-0.1, -0.05) is 12.1 Å². The lowest BCUT2D eigenvalue weighted by Crippen LogP contribution is -2.33. The van der Waals surface area contributed by atoms with Crippen molar-refractivity contribution in [3.63, 3.8) is 0 Å². The lowest BCUT2D eigenvalue weighted by Gasteiger charge is -2.28. The predicted molar refractivity (Wildman–Crippen MR) is 128 cm³/mol. The Kier molecular flexibility index (Phi) is 5.60. The van der Waals surface area contributed by atoms with E-state index in [2.05, 4.69) is 5.10 Å². The van der Waals surface area contributed by atoms with Gasteiger partial charge in [0.15, 0.2) is 0 Å². The van der Waals surface area contributed by atoms with Gasteiger partial charge in [0, 0.05) is 11.1 Å². The van der Waals surface area contributed by atoms with Crippen LogP contribution in [0.1, 0.15) is 18.5 Å². The Morgan fingerprint density at radius 3 is 2.37 bits per heavy atom. The Morgan fingerprint density at radius 1 is 1.03 bits per heavy atom. The molecule has 0 aliphatic carbocycles. The minimum atomic E-state index is -0.939. The maximum atomic E-state index is 13.4. The van der Waals surface area contributed by atoms with Crippen molar-refractivity contribution in [2.24, 2.45) is 11.7 Å². The zero-order chi connectivity index (χ0) is 24.7. The van der Waals surface area contributed by atoms with Crippen LogP contribution in [0, 0.1) is 11.7 Å². The van der Waals surface area contributed by atoms with E-state index in [4.69, 9.17) is 15.2 Å². The van der Waals surface area contributed by atoms with Crippen molar-refractivity contribution in [3.8, 4) is 11.4 Å². The number of fused-ring (bicyclic) bond motifs is 1. The molecule has 1 aromatic heterocycles. The first kappa shape index (κ1) is 22.4. The Balaban J connectivity index is 1.58. The van der Waals surface area contributed by atoms with Crippen molar-refractivity contribution in [3.05, 3.63) is 84.3 Å². The first-order valence-electron chi connectivity index (χ1n) is 11.0. The van der Waals surface area contributed by atoms with Gasteiger partial charge in [-0.15, -0.1) is 0 Å². The first-order chi connectivity index (χ1) is 16.9. The van der Waals surface area contributed by atoms with Crippen molar-refractivity contribution < 1.29 is 23.5 Å². The number of carbonyl (C=O) groups is 2. The zero-order valence-corrected chi connectivity index (χ0v) is 19.1. The van der Waals surface area contributed by atoms with E-state index in [9.17, 15) is 14.0 Å². The number of aromatic nitrogens is 2. The van der Waals surface area contributed by atoms with Crippen molar-refractivity contribution in [2.45, 2.75) is 19.1 Å². The van der Waals surface area contributed by atoms with Crippen LogP contribution in [0.25, 0.3) is 16.6 Å². The van der Waals surface area contributed by atoms with Gasteiger partial charge in [-0.25, -0.2) is 13.9 Å². The third kappa shape index (κ3) is 3.95. The molecular formula is C26H23FN4O4. The number of hydrogen-bond donors (Lipinski definition) is 1. The number of nitrogens with zero attached hydrogens (tertiary/aromatic N) is 3. The summed E-state index contributed by atoms with van der Waals surface area (Å²) in [6, 6.07) is 18.2. The number of amides is 2. The van der Waals surface area contributed by atoms with Crippen molar-refractivity contribution in [2.75, 3.05) is 12.0 Å². The Bertz CT molecular complexity index is 1400. The largest absolute Gasteiger partial charge is 0.497 e. The van der Waals surface area contributed by atoms with Crippen LogP contribution in [0.5, 0.6) is 5.75 Å². The summed E-state index contributed by atoms with van der Waals surface area (Å²) in [4.78, 5) is 26.7. The van der Waals surface area contributed by atoms with Crippen LogP contribution in [0.2, 0.25) is 0 Å². The van der Waals surface area contributed by atoms with E-state index in [1.54, 1.807) is 54.1 Å². The van der Waals surface area contributed by atoms with Gasteiger partial charge in [0.2, 0.25) is 5.91 Å². The summed E-state index contributed by atoms with van der Waals surface area (Å²) in [6.07, 6.45) is -0.0246. The average molecular weight is 474 g/mol. The van der Waals surface area contributed by atoms with Gasteiger partial charge >= 0.3 is 6.09 Å². The number of anilines is 1. The highest BCUT2D eigenvalue weighted by molar-refractivity contribution is 6.01. The summed E-state index contributed by atoms with van der Waals surface area (Å²) in [5.41, 5.74) is 8.26. The number of nitrogens with two attached hydrogens (primary N) is 1. The molecule has 5 rings (SSSR count). The van der Waals surface area contributed by atoms with Gasteiger partial charge in [-0.2, -0.15) is 5.10 Å². The van der Waals surface area contributed by atoms with Gasteiger partial charge < -0.3 is 20.1 Å². The molecule has 0 saturated carbocycles. The van der Waals surface area contributed by atoms with Gasteiger partial charge in [0.1, 0.15) is 17.7 Å². The molecule has 2 amide bonds. The topological polar surface area (TPSA) is 99.7 Å². The summed E-state index contributed by atoms with van der Waals surface area (Å²) in [5, 5.41) is 5.23. The highest BCUT2D eigenvalue weighted by atomic mass is 19.1. The molecule has 4 aromatic rings. The zero-order valence-electron chi connectivity index (χ0n) is 19.1. The van der Waals surface area contributed by atoms with Crippen LogP contribution in [0.15, 0.2) is 72.9 Å². The second-order valence-electron chi connectivity index (χ2n) is 8.39. The van der Waals surface area contributed by atoms with E-state index in [0.717, 1.165) is 16.5 Å². The summed E-state index contributed by atoms with van der Waals surface area (Å²) >= 11 is 0. The van der Waals surface area contributed by atoms with Crippen LogP contribution in [-0.4, -0.2) is 35.0 Å². The molecular weight excluding hydrogens is 451 g/mol. The molecule has 35 heavy (non-hydrogen) atoms. The summed E-state index contributed by atoms with van der Waals surface area (Å²) in [5.74, 6) is -0.458.